The smallest absolute Gasteiger partial charge is 0.256 e. The van der Waals surface area contributed by atoms with Crippen LogP contribution < -0.4 is 10.1 Å². The predicted octanol–water partition coefficient (Wildman–Crippen LogP) is 5.42. The second-order valence-electron chi connectivity index (χ2n) is 8.07. The number of aryl methyl sites for hydroxylation is 2. The molecule has 1 fully saturated rings. The van der Waals surface area contributed by atoms with Crippen LogP contribution >= 0.6 is 0 Å². The van der Waals surface area contributed by atoms with Crippen LogP contribution in [0.15, 0.2) is 42.5 Å². The molecular formula is C24H31NO3. The molecule has 2 aromatic rings. The zero-order chi connectivity index (χ0) is 20.1. The molecule has 1 saturated carbocycles. The third-order valence-corrected chi connectivity index (χ3v) is 5.70. The van der Waals surface area contributed by atoms with Gasteiger partial charge in [0, 0.05) is 12.8 Å². The van der Waals surface area contributed by atoms with E-state index in [-0.39, 0.29) is 5.91 Å². The molecule has 0 bridgehead atoms. The standard InChI is InChI=1S/C24H31NO3/c1-17-9-8-12-24(15-17,27-4)23(26)25-21-13-18(2)22(19(3)14-21)28-16-20-10-6-5-7-11-20/h5-7,10-11,13-14,17H,8-9,12,15-16H2,1-4H3,(H,25,26). The summed E-state index contributed by atoms with van der Waals surface area (Å²) in [6.07, 6.45) is 3.72. The first-order valence-electron chi connectivity index (χ1n) is 10.1. The van der Waals surface area contributed by atoms with Crippen molar-refractivity contribution in [2.45, 2.75) is 58.7 Å². The molecule has 1 aliphatic carbocycles. The molecule has 28 heavy (non-hydrogen) atoms. The molecule has 150 valence electrons. The van der Waals surface area contributed by atoms with Gasteiger partial charge in [-0.05, 0) is 67.9 Å². The first-order valence-corrected chi connectivity index (χ1v) is 10.1. The van der Waals surface area contributed by atoms with Crippen LogP contribution in [0.3, 0.4) is 0 Å². The number of benzene rings is 2. The van der Waals surface area contributed by atoms with Crippen LogP contribution in [0.5, 0.6) is 5.75 Å². The monoisotopic (exact) mass is 381 g/mol. The van der Waals surface area contributed by atoms with E-state index in [4.69, 9.17) is 9.47 Å². The van der Waals surface area contributed by atoms with Crippen molar-refractivity contribution in [3.8, 4) is 5.75 Å². The Morgan fingerprint density at radius 2 is 1.86 bits per heavy atom. The number of hydrogen-bond acceptors (Lipinski definition) is 3. The number of amides is 1. The summed E-state index contributed by atoms with van der Waals surface area (Å²) in [5, 5.41) is 3.09. The maximum atomic E-state index is 13.0. The van der Waals surface area contributed by atoms with Gasteiger partial charge in [0.1, 0.15) is 18.0 Å². The van der Waals surface area contributed by atoms with Crippen LogP contribution in [-0.2, 0) is 16.1 Å². The summed E-state index contributed by atoms with van der Waals surface area (Å²) in [6.45, 7) is 6.74. The minimum Gasteiger partial charge on any atom is -0.488 e. The lowest BCUT2D eigenvalue weighted by molar-refractivity contribution is -0.143. The highest BCUT2D eigenvalue weighted by molar-refractivity contribution is 5.97. The Labute approximate surface area is 168 Å². The summed E-state index contributed by atoms with van der Waals surface area (Å²) in [7, 11) is 1.65. The summed E-state index contributed by atoms with van der Waals surface area (Å²) in [6, 6.07) is 14.1. The molecule has 2 atom stereocenters. The highest BCUT2D eigenvalue weighted by atomic mass is 16.5. The molecule has 0 spiro atoms. The molecule has 2 aromatic carbocycles. The number of carbonyl (C=O) groups is 1. The number of carbonyl (C=O) groups excluding carboxylic acids is 1. The van der Waals surface area contributed by atoms with E-state index >= 15 is 0 Å². The van der Waals surface area contributed by atoms with E-state index in [0.29, 0.717) is 12.5 Å². The lowest BCUT2D eigenvalue weighted by atomic mass is 9.78. The van der Waals surface area contributed by atoms with E-state index in [9.17, 15) is 4.79 Å². The van der Waals surface area contributed by atoms with E-state index < -0.39 is 5.60 Å². The maximum absolute atomic E-state index is 13.0. The fraction of sp³-hybridized carbons (Fsp3) is 0.458. The van der Waals surface area contributed by atoms with E-state index in [1.54, 1.807) is 7.11 Å². The lowest BCUT2D eigenvalue weighted by Gasteiger charge is -2.37. The molecule has 0 aromatic heterocycles. The van der Waals surface area contributed by atoms with Crippen LogP contribution in [0.4, 0.5) is 5.69 Å². The number of anilines is 1. The third kappa shape index (κ3) is 4.56. The van der Waals surface area contributed by atoms with E-state index in [0.717, 1.165) is 53.8 Å². The van der Waals surface area contributed by atoms with Gasteiger partial charge in [-0.15, -0.1) is 0 Å². The largest absolute Gasteiger partial charge is 0.488 e. The molecular weight excluding hydrogens is 350 g/mol. The van der Waals surface area contributed by atoms with E-state index in [1.807, 2.05) is 44.2 Å². The van der Waals surface area contributed by atoms with Gasteiger partial charge in [0.05, 0.1) is 0 Å². The van der Waals surface area contributed by atoms with Crippen molar-refractivity contribution in [3.05, 3.63) is 59.2 Å². The average Bonchev–Trinajstić information content (AvgIpc) is 2.68. The number of methoxy groups -OCH3 is 1. The van der Waals surface area contributed by atoms with Crippen molar-refractivity contribution in [3.63, 3.8) is 0 Å². The Hall–Kier alpha value is -2.33. The van der Waals surface area contributed by atoms with Crippen LogP contribution in [0.2, 0.25) is 0 Å². The van der Waals surface area contributed by atoms with Crippen LogP contribution in [0.25, 0.3) is 0 Å². The highest BCUT2D eigenvalue weighted by Gasteiger charge is 2.42. The number of hydrogen-bond donors (Lipinski definition) is 1. The fourth-order valence-electron chi connectivity index (χ4n) is 4.21. The summed E-state index contributed by atoms with van der Waals surface area (Å²) in [5.74, 6) is 1.32. The van der Waals surface area contributed by atoms with Crippen molar-refractivity contribution in [1.29, 1.82) is 0 Å². The molecule has 4 heteroatoms. The highest BCUT2D eigenvalue weighted by Crippen LogP contribution is 2.36. The molecule has 4 nitrogen and oxygen atoms in total. The fourth-order valence-corrected chi connectivity index (χ4v) is 4.21. The predicted molar refractivity (Wildman–Crippen MR) is 113 cm³/mol. The molecule has 0 heterocycles. The van der Waals surface area contributed by atoms with Crippen LogP contribution in [-0.4, -0.2) is 18.6 Å². The molecule has 0 saturated heterocycles. The molecule has 2 unspecified atom stereocenters. The lowest BCUT2D eigenvalue weighted by Crippen LogP contribution is -2.47. The van der Waals surface area contributed by atoms with Gasteiger partial charge in [-0.1, -0.05) is 43.7 Å². The second kappa shape index (κ2) is 8.78. The van der Waals surface area contributed by atoms with Crippen LogP contribution in [0, 0.1) is 19.8 Å². The van der Waals surface area contributed by atoms with Gasteiger partial charge >= 0.3 is 0 Å². The first-order chi connectivity index (χ1) is 13.4. The van der Waals surface area contributed by atoms with Gasteiger partial charge in [-0.3, -0.25) is 4.79 Å². The Bertz CT molecular complexity index is 795. The Kier molecular flexibility index (Phi) is 6.40. The van der Waals surface area contributed by atoms with Crippen molar-refractivity contribution in [1.82, 2.24) is 0 Å². The van der Waals surface area contributed by atoms with Crippen molar-refractivity contribution in [2.75, 3.05) is 12.4 Å². The molecule has 0 aliphatic heterocycles. The van der Waals surface area contributed by atoms with Crippen molar-refractivity contribution in [2.24, 2.45) is 5.92 Å². The molecule has 0 radical (unpaired) electrons. The molecule has 1 amide bonds. The van der Waals surface area contributed by atoms with Gasteiger partial charge < -0.3 is 14.8 Å². The minimum absolute atomic E-state index is 0.0432. The van der Waals surface area contributed by atoms with E-state index in [2.05, 4.69) is 24.4 Å². The third-order valence-electron chi connectivity index (χ3n) is 5.70. The summed E-state index contributed by atoms with van der Waals surface area (Å²) in [4.78, 5) is 13.0. The van der Waals surface area contributed by atoms with Gasteiger partial charge in [0.25, 0.3) is 5.91 Å². The molecule has 1 aliphatic rings. The number of nitrogens with one attached hydrogen (secondary N) is 1. The summed E-state index contributed by atoms with van der Waals surface area (Å²) >= 11 is 0. The topological polar surface area (TPSA) is 47.6 Å². The maximum Gasteiger partial charge on any atom is 0.256 e. The summed E-state index contributed by atoms with van der Waals surface area (Å²) in [5.41, 5.74) is 3.22. The van der Waals surface area contributed by atoms with Gasteiger partial charge in [-0.2, -0.15) is 0 Å². The Morgan fingerprint density at radius 3 is 2.46 bits per heavy atom. The second-order valence-corrected chi connectivity index (χ2v) is 8.07. The van der Waals surface area contributed by atoms with Crippen LogP contribution in [0.1, 0.15) is 49.3 Å². The quantitative estimate of drug-likeness (QED) is 0.727. The van der Waals surface area contributed by atoms with Crippen molar-refractivity contribution < 1.29 is 14.3 Å². The van der Waals surface area contributed by atoms with E-state index in [1.165, 1.54) is 0 Å². The first kappa shape index (κ1) is 20.4. The number of ether oxygens (including phenoxy) is 2. The SMILES string of the molecule is COC1(C(=O)Nc2cc(C)c(OCc3ccccc3)c(C)c2)CCCC(C)C1. The normalized spacial score (nSPS) is 21.9. The Balaban J connectivity index is 1.72. The average molecular weight is 382 g/mol. The minimum atomic E-state index is -0.720. The summed E-state index contributed by atoms with van der Waals surface area (Å²) < 4.78 is 11.8. The van der Waals surface area contributed by atoms with Gasteiger partial charge in [-0.25, -0.2) is 0 Å². The van der Waals surface area contributed by atoms with Gasteiger partial charge in [0.15, 0.2) is 0 Å². The molecule has 1 N–H and O–H groups in total. The zero-order valence-corrected chi connectivity index (χ0v) is 17.4. The zero-order valence-electron chi connectivity index (χ0n) is 17.4. The van der Waals surface area contributed by atoms with Gasteiger partial charge in [0.2, 0.25) is 0 Å². The molecule has 3 rings (SSSR count). The Morgan fingerprint density at radius 1 is 1.18 bits per heavy atom. The number of rotatable bonds is 6. The van der Waals surface area contributed by atoms with Crippen molar-refractivity contribution >= 4 is 11.6 Å².